The molecular formula is C14H15N3O2S. The number of hydrogen-bond donors (Lipinski definition) is 2. The topological polar surface area (TPSA) is 77.0 Å². The minimum absolute atomic E-state index is 0.0000772. The molecule has 2 bridgehead atoms. The number of carbonyl (C=O) groups is 1. The molecule has 5 nitrogen and oxygen atoms in total. The summed E-state index contributed by atoms with van der Waals surface area (Å²) in [5.41, 5.74) is 1.61. The van der Waals surface area contributed by atoms with Gasteiger partial charge in [0.1, 0.15) is 11.6 Å². The molecule has 0 saturated carbocycles. The lowest BCUT2D eigenvalue weighted by molar-refractivity contribution is -0.134. The highest BCUT2D eigenvalue weighted by Gasteiger charge is 2.42. The fourth-order valence-electron chi connectivity index (χ4n) is 3.36. The van der Waals surface area contributed by atoms with Crippen LogP contribution in [0.15, 0.2) is 10.9 Å². The Balaban J connectivity index is 2.04. The first-order valence-electron chi connectivity index (χ1n) is 6.74. The third-order valence-corrected chi connectivity index (χ3v) is 4.42. The number of carbonyl (C=O) groups excluding carboxylic acids is 1. The van der Waals surface area contributed by atoms with Gasteiger partial charge in [-0.15, -0.1) is 0 Å². The molecule has 1 N–H and O–H groups in total. The zero-order valence-corrected chi connectivity index (χ0v) is 11.8. The Labute approximate surface area is 122 Å². The van der Waals surface area contributed by atoms with Crippen LogP contribution >= 0.6 is 12.6 Å². The van der Waals surface area contributed by atoms with E-state index in [0.717, 1.165) is 24.1 Å². The van der Waals surface area contributed by atoms with Crippen LogP contribution in [-0.4, -0.2) is 27.6 Å². The summed E-state index contributed by atoms with van der Waals surface area (Å²) in [5, 5.41) is 8.99. The molecule has 6 heteroatoms. The van der Waals surface area contributed by atoms with E-state index in [1.165, 1.54) is 0 Å². The number of nitrogens with zero attached hydrogens (tertiary/aromatic N) is 2. The summed E-state index contributed by atoms with van der Waals surface area (Å²) in [6, 6.07) is 3.74. The van der Waals surface area contributed by atoms with Crippen LogP contribution in [-0.2, 0) is 11.2 Å². The molecule has 2 unspecified atom stereocenters. The van der Waals surface area contributed by atoms with E-state index in [0.29, 0.717) is 18.6 Å². The largest absolute Gasteiger partial charge is 0.332 e. The van der Waals surface area contributed by atoms with Crippen LogP contribution < -0.4 is 5.56 Å². The fourth-order valence-corrected chi connectivity index (χ4v) is 3.55. The van der Waals surface area contributed by atoms with E-state index < -0.39 is 0 Å². The zero-order chi connectivity index (χ0) is 14.3. The van der Waals surface area contributed by atoms with E-state index in [2.05, 4.69) is 17.6 Å². The van der Waals surface area contributed by atoms with Crippen molar-refractivity contribution in [3.63, 3.8) is 0 Å². The van der Waals surface area contributed by atoms with Gasteiger partial charge in [0.25, 0.3) is 5.56 Å². The van der Waals surface area contributed by atoms with Gasteiger partial charge in [-0.25, -0.2) is 0 Å². The maximum absolute atomic E-state index is 12.2. The van der Waals surface area contributed by atoms with Gasteiger partial charge >= 0.3 is 0 Å². The Hall–Kier alpha value is -1.74. The lowest BCUT2D eigenvalue weighted by atomic mass is 9.96. The highest BCUT2D eigenvalue weighted by molar-refractivity contribution is 7.80. The lowest BCUT2D eigenvalue weighted by Crippen LogP contribution is -2.43. The number of aromatic nitrogens is 1. The predicted molar refractivity (Wildman–Crippen MR) is 76.6 cm³/mol. The minimum atomic E-state index is -0.333. The SMILES string of the molecule is N#Cc1cc2c([nH]c1=O)CC1CCC2N1C(=O)CCS. The molecule has 104 valence electrons. The summed E-state index contributed by atoms with van der Waals surface area (Å²) in [4.78, 5) is 28.7. The van der Waals surface area contributed by atoms with Crippen molar-refractivity contribution in [1.82, 2.24) is 9.88 Å². The van der Waals surface area contributed by atoms with Gasteiger partial charge in [0.2, 0.25) is 5.91 Å². The van der Waals surface area contributed by atoms with Gasteiger partial charge in [0.05, 0.1) is 6.04 Å². The first kappa shape index (κ1) is 13.3. The molecule has 3 rings (SSSR count). The minimum Gasteiger partial charge on any atom is -0.332 e. The molecule has 2 atom stereocenters. The summed E-state index contributed by atoms with van der Waals surface area (Å²) >= 11 is 4.12. The average Bonchev–Trinajstić information content (AvgIpc) is 2.75. The number of pyridine rings is 1. The highest BCUT2D eigenvalue weighted by Crippen LogP contribution is 2.43. The fraction of sp³-hybridized carbons (Fsp3) is 0.500. The molecule has 2 aliphatic heterocycles. The van der Waals surface area contributed by atoms with Gasteiger partial charge in [-0.05, 0) is 30.2 Å². The first-order valence-corrected chi connectivity index (χ1v) is 7.37. The standard InChI is InChI=1S/C14H15N3O2S/c15-7-8-5-10-11(16-14(8)19)6-9-1-2-12(10)17(9)13(18)3-4-20/h5,9,12,20H,1-4,6H2,(H,16,19). The third-order valence-electron chi connectivity index (χ3n) is 4.19. The van der Waals surface area contributed by atoms with E-state index in [4.69, 9.17) is 5.26 Å². The van der Waals surface area contributed by atoms with Gasteiger partial charge in [-0.1, -0.05) is 0 Å². The molecule has 1 aromatic heterocycles. The second-order valence-corrected chi connectivity index (χ2v) is 5.73. The molecule has 20 heavy (non-hydrogen) atoms. The van der Waals surface area contributed by atoms with Crippen molar-refractivity contribution in [2.24, 2.45) is 0 Å². The molecule has 1 saturated heterocycles. The van der Waals surface area contributed by atoms with Crippen LogP contribution in [0.5, 0.6) is 0 Å². The molecule has 3 heterocycles. The normalized spacial score (nSPS) is 23.3. The van der Waals surface area contributed by atoms with Crippen LogP contribution in [0.4, 0.5) is 0 Å². The van der Waals surface area contributed by atoms with Crippen LogP contribution in [0.1, 0.15) is 42.1 Å². The number of amides is 1. The Morgan fingerprint density at radius 3 is 3.05 bits per heavy atom. The monoisotopic (exact) mass is 289 g/mol. The van der Waals surface area contributed by atoms with E-state index in [1.54, 1.807) is 6.07 Å². The molecule has 0 spiro atoms. The maximum Gasteiger partial charge on any atom is 0.266 e. The van der Waals surface area contributed by atoms with Gasteiger partial charge in [0.15, 0.2) is 0 Å². The van der Waals surface area contributed by atoms with Crippen molar-refractivity contribution >= 4 is 18.5 Å². The van der Waals surface area contributed by atoms with E-state index in [-0.39, 0.29) is 29.1 Å². The van der Waals surface area contributed by atoms with Crippen LogP contribution in [0.25, 0.3) is 0 Å². The van der Waals surface area contributed by atoms with Crippen LogP contribution in [0, 0.1) is 11.3 Å². The van der Waals surface area contributed by atoms with Gasteiger partial charge in [-0.3, -0.25) is 9.59 Å². The van der Waals surface area contributed by atoms with Crippen molar-refractivity contribution in [1.29, 1.82) is 5.26 Å². The zero-order valence-electron chi connectivity index (χ0n) is 10.9. The molecule has 0 radical (unpaired) electrons. The van der Waals surface area contributed by atoms with Crippen LogP contribution in [0.2, 0.25) is 0 Å². The summed E-state index contributed by atoms with van der Waals surface area (Å²) in [7, 11) is 0. The number of thiol groups is 1. The van der Waals surface area contributed by atoms with Crippen molar-refractivity contribution in [3.8, 4) is 6.07 Å². The Morgan fingerprint density at radius 2 is 2.35 bits per heavy atom. The summed E-state index contributed by atoms with van der Waals surface area (Å²) in [5.74, 6) is 0.652. The number of H-pyrrole nitrogens is 1. The van der Waals surface area contributed by atoms with Crippen molar-refractivity contribution in [2.45, 2.75) is 37.8 Å². The van der Waals surface area contributed by atoms with E-state index >= 15 is 0 Å². The van der Waals surface area contributed by atoms with Gasteiger partial charge < -0.3 is 9.88 Å². The molecule has 1 amide bonds. The summed E-state index contributed by atoms with van der Waals surface area (Å²) in [6.07, 6.45) is 2.94. The Kier molecular flexibility index (Phi) is 3.30. The van der Waals surface area contributed by atoms with Crippen LogP contribution in [0.3, 0.4) is 0 Å². The molecular weight excluding hydrogens is 274 g/mol. The van der Waals surface area contributed by atoms with E-state index in [9.17, 15) is 9.59 Å². The highest BCUT2D eigenvalue weighted by atomic mass is 32.1. The van der Waals surface area contributed by atoms with Crippen molar-refractivity contribution in [3.05, 3.63) is 33.2 Å². The molecule has 0 aliphatic carbocycles. The first-order chi connectivity index (χ1) is 9.65. The van der Waals surface area contributed by atoms with Crippen molar-refractivity contribution < 1.29 is 4.79 Å². The number of hydrogen-bond acceptors (Lipinski definition) is 4. The number of fused-ring (bicyclic) bond motifs is 4. The molecule has 1 fully saturated rings. The Morgan fingerprint density at radius 1 is 1.55 bits per heavy atom. The second kappa shape index (κ2) is 4.98. The summed E-state index contributed by atoms with van der Waals surface area (Å²) < 4.78 is 0. The smallest absolute Gasteiger partial charge is 0.266 e. The molecule has 1 aromatic rings. The van der Waals surface area contributed by atoms with Gasteiger partial charge in [0, 0.05) is 24.6 Å². The summed E-state index contributed by atoms with van der Waals surface area (Å²) in [6.45, 7) is 0. The number of rotatable bonds is 2. The van der Waals surface area contributed by atoms with Gasteiger partial charge in [-0.2, -0.15) is 17.9 Å². The lowest BCUT2D eigenvalue weighted by Gasteiger charge is -2.36. The molecule has 2 aliphatic rings. The third kappa shape index (κ3) is 1.93. The quantitative estimate of drug-likeness (QED) is 0.802. The number of nitriles is 1. The predicted octanol–water partition coefficient (Wildman–Crippen LogP) is 1.15. The molecule has 0 aromatic carbocycles. The van der Waals surface area contributed by atoms with Crippen molar-refractivity contribution in [2.75, 3.05) is 5.75 Å². The Bertz CT molecular complexity index is 661. The maximum atomic E-state index is 12.2. The number of nitrogens with one attached hydrogen (secondary N) is 1. The second-order valence-electron chi connectivity index (χ2n) is 5.28. The van der Waals surface area contributed by atoms with E-state index in [1.807, 2.05) is 11.0 Å². The average molecular weight is 289 g/mol. The number of aromatic amines is 1.